The number of nitrogens with two attached hydrogens (primary N) is 1. The lowest BCUT2D eigenvalue weighted by atomic mass is 9.52. The molecule has 2 aliphatic carbocycles. The molecule has 3 N–H and O–H groups in total. The van der Waals surface area contributed by atoms with E-state index in [9.17, 15) is 0 Å². The van der Waals surface area contributed by atoms with E-state index in [0.717, 1.165) is 11.6 Å². The van der Waals surface area contributed by atoms with E-state index < -0.39 is 0 Å². The molecular weight excluding hydrogens is 220 g/mol. The summed E-state index contributed by atoms with van der Waals surface area (Å²) >= 11 is 0. The summed E-state index contributed by atoms with van der Waals surface area (Å²) in [5.41, 5.74) is 10.9. The summed E-state index contributed by atoms with van der Waals surface area (Å²) in [6, 6.07) is 7.25. The molecule has 0 aromatic heterocycles. The number of anilines is 1. The first-order chi connectivity index (χ1) is 8.81. The molecule has 1 saturated carbocycles. The van der Waals surface area contributed by atoms with Crippen LogP contribution in [0.15, 0.2) is 18.2 Å². The van der Waals surface area contributed by atoms with Gasteiger partial charge in [-0.2, -0.15) is 0 Å². The average molecular weight is 242 g/mol. The topological polar surface area (TPSA) is 38.0 Å². The Bertz CT molecular complexity index is 478. The van der Waals surface area contributed by atoms with E-state index >= 15 is 0 Å². The fourth-order valence-electron chi connectivity index (χ4n) is 5.07. The maximum Gasteiger partial charge on any atom is 0.0355 e. The molecule has 0 amide bonds. The zero-order valence-electron chi connectivity index (χ0n) is 10.9. The maximum absolute atomic E-state index is 6.36. The first-order valence-electron chi connectivity index (χ1n) is 7.42. The van der Waals surface area contributed by atoms with Gasteiger partial charge in [0.15, 0.2) is 0 Å². The van der Waals surface area contributed by atoms with Gasteiger partial charge in [-0.1, -0.05) is 25.0 Å². The van der Waals surface area contributed by atoms with E-state index in [4.69, 9.17) is 5.73 Å². The number of fused-ring (bicyclic) bond motifs is 1. The van der Waals surface area contributed by atoms with Crippen LogP contribution in [0.5, 0.6) is 0 Å². The third-order valence-electron chi connectivity index (χ3n) is 5.68. The molecule has 1 heterocycles. The number of hydrogen-bond acceptors (Lipinski definition) is 2. The van der Waals surface area contributed by atoms with Gasteiger partial charge in [0.25, 0.3) is 0 Å². The zero-order chi connectivity index (χ0) is 12.2. The van der Waals surface area contributed by atoms with Crippen molar-refractivity contribution in [2.75, 3.05) is 12.3 Å². The van der Waals surface area contributed by atoms with E-state index in [1.54, 1.807) is 0 Å². The highest BCUT2D eigenvalue weighted by atomic mass is 15.0. The van der Waals surface area contributed by atoms with E-state index in [1.807, 2.05) is 0 Å². The number of hydrogen-bond donors (Lipinski definition) is 2. The van der Waals surface area contributed by atoms with E-state index in [-0.39, 0.29) is 0 Å². The number of nitrogen functional groups attached to an aromatic ring is 1. The monoisotopic (exact) mass is 242 g/mol. The molecule has 0 unspecified atom stereocenters. The summed E-state index contributed by atoms with van der Waals surface area (Å²) in [7, 11) is 0. The Hall–Kier alpha value is -1.02. The molecule has 1 aromatic carbocycles. The molecule has 2 fully saturated rings. The molecule has 1 aliphatic heterocycles. The van der Waals surface area contributed by atoms with Crippen molar-refractivity contribution >= 4 is 5.69 Å². The predicted octanol–water partition coefficient (Wildman–Crippen LogP) is 2.61. The van der Waals surface area contributed by atoms with Crippen LogP contribution in [0.2, 0.25) is 0 Å². The van der Waals surface area contributed by atoms with Gasteiger partial charge in [-0.25, -0.2) is 0 Å². The Kier molecular flexibility index (Phi) is 2.25. The molecule has 4 rings (SSSR count). The van der Waals surface area contributed by atoms with Gasteiger partial charge in [0.2, 0.25) is 0 Å². The van der Waals surface area contributed by atoms with Crippen LogP contribution in [0.25, 0.3) is 0 Å². The van der Waals surface area contributed by atoms with E-state index in [1.165, 1.54) is 56.2 Å². The second-order valence-corrected chi connectivity index (χ2v) is 6.40. The summed E-state index contributed by atoms with van der Waals surface area (Å²) in [6.07, 6.45) is 8.02. The summed E-state index contributed by atoms with van der Waals surface area (Å²) in [4.78, 5) is 0. The fraction of sp³-hybridized carbons (Fsp3) is 0.625. The highest BCUT2D eigenvalue weighted by molar-refractivity contribution is 5.58. The van der Waals surface area contributed by atoms with Crippen molar-refractivity contribution in [2.24, 2.45) is 5.92 Å². The van der Waals surface area contributed by atoms with Crippen molar-refractivity contribution in [1.82, 2.24) is 5.32 Å². The smallest absolute Gasteiger partial charge is 0.0355 e. The lowest BCUT2D eigenvalue weighted by Gasteiger charge is -2.56. The van der Waals surface area contributed by atoms with Crippen LogP contribution >= 0.6 is 0 Å². The van der Waals surface area contributed by atoms with Crippen LogP contribution in [0.4, 0.5) is 5.69 Å². The van der Waals surface area contributed by atoms with Gasteiger partial charge < -0.3 is 11.1 Å². The quantitative estimate of drug-likeness (QED) is 0.686. The molecular formula is C16H22N2. The van der Waals surface area contributed by atoms with Gasteiger partial charge in [-0.3, -0.25) is 0 Å². The number of rotatable bonds is 0. The minimum absolute atomic E-state index is 0.410. The lowest BCUT2D eigenvalue weighted by Crippen LogP contribution is -2.59. The minimum Gasteiger partial charge on any atom is -0.398 e. The highest BCUT2D eigenvalue weighted by Gasteiger charge is 2.52. The van der Waals surface area contributed by atoms with Crippen molar-refractivity contribution in [3.63, 3.8) is 0 Å². The molecule has 96 valence electrons. The number of benzene rings is 1. The van der Waals surface area contributed by atoms with Crippen molar-refractivity contribution in [3.8, 4) is 0 Å². The van der Waals surface area contributed by atoms with Crippen molar-refractivity contribution in [2.45, 2.75) is 50.0 Å². The Balaban J connectivity index is 1.94. The van der Waals surface area contributed by atoms with Crippen LogP contribution in [-0.4, -0.2) is 12.6 Å². The average Bonchev–Trinajstić information content (AvgIpc) is 2.38. The SMILES string of the molecule is Nc1cccc2c1[C@@]13CCCC[C@H]1[C@@H](C2)NCC3. The van der Waals surface area contributed by atoms with E-state index in [2.05, 4.69) is 23.5 Å². The molecule has 2 bridgehead atoms. The lowest BCUT2D eigenvalue weighted by molar-refractivity contribution is 0.0804. The van der Waals surface area contributed by atoms with E-state index in [0.29, 0.717) is 11.5 Å². The van der Waals surface area contributed by atoms with Crippen LogP contribution in [0.3, 0.4) is 0 Å². The molecule has 1 saturated heterocycles. The molecule has 0 spiro atoms. The third kappa shape index (κ3) is 1.27. The predicted molar refractivity (Wildman–Crippen MR) is 74.6 cm³/mol. The molecule has 18 heavy (non-hydrogen) atoms. The van der Waals surface area contributed by atoms with Crippen molar-refractivity contribution in [1.29, 1.82) is 0 Å². The molecule has 0 radical (unpaired) electrons. The van der Waals surface area contributed by atoms with Crippen LogP contribution in [0, 0.1) is 5.92 Å². The Morgan fingerprint density at radius 1 is 1.22 bits per heavy atom. The minimum atomic E-state index is 0.410. The standard InChI is InChI=1S/C16H22N2/c17-13-6-3-4-11-10-14-12-5-1-2-7-16(12,15(11)13)8-9-18-14/h3-4,6,12,14,18H,1-2,5,7-10,17H2/t12-,14+,16+/m0/s1. The largest absolute Gasteiger partial charge is 0.398 e. The Labute approximate surface area is 109 Å². The van der Waals surface area contributed by atoms with Gasteiger partial charge in [0.05, 0.1) is 0 Å². The Morgan fingerprint density at radius 3 is 3.11 bits per heavy atom. The molecule has 2 heteroatoms. The first-order valence-corrected chi connectivity index (χ1v) is 7.42. The molecule has 3 atom stereocenters. The fourth-order valence-corrected chi connectivity index (χ4v) is 5.07. The summed E-state index contributed by atoms with van der Waals surface area (Å²) in [6.45, 7) is 1.18. The summed E-state index contributed by atoms with van der Waals surface area (Å²) < 4.78 is 0. The Morgan fingerprint density at radius 2 is 2.17 bits per heavy atom. The van der Waals surface area contributed by atoms with Gasteiger partial charge in [0.1, 0.15) is 0 Å². The van der Waals surface area contributed by atoms with Gasteiger partial charge in [0, 0.05) is 17.1 Å². The zero-order valence-corrected chi connectivity index (χ0v) is 10.9. The molecule has 3 aliphatic rings. The number of nitrogens with one attached hydrogen (secondary N) is 1. The van der Waals surface area contributed by atoms with Gasteiger partial charge in [-0.15, -0.1) is 0 Å². The van der Waals surface area contributed by atoms with Gasteiger partial charge >= 0.3 is 0 Å². The highest BCUT2D eigenvalue weighted by Crippen LogP contribution is 2.55. The second kappa shape index (κ2) is 3.74. The third-order valence-corrected chi connectivity index (χ3v) is 5.68. The van der Waals surface area contributed by atoms with Crippen LogP contribution < -0.4 is 11.1 Å². The van der Waals surface area contributed by atoms with Crippen LogP contribution in [-0.2, 0) is 11.8 Å². The van der Waals surface area contributed by atoms with Crippen molar-refractivity contribution < 1.29 is 0 Å². The first kappa shape index (κ1) is 10.9. The van der Waals surface area contributed by atoms with Crippen molar-refractivity contribution in [3.05, 3.63) is 29.3 Å². The summed E-state index contributed by atoms with van der Waals surface area (Å²) in [5.74, 6) is 0.831. The second-order valence-electron chi connectivity index (χ2n) is 6.40. The van der Waals surface area contributed by atoms with Crippen LogP contribution in [0.1, 0.15) is 43.2 Å². The maximum atomic E-state index is 6.36. The molecule has 1 aromatic rings. The summed E-state index contributed by atoms with van der Waals surface area (Å²) in [5, 5.41) is 3.76. The molecule has 2 nitrogen and oxygen atoms in total. The van der Waals surface area contributed by atoms with Gasteiger partial charge in [-0.05, 0) is 55.3 Å². The number of piperidine rings is 1. The normalized spacial score (nSPS) is 37.8.